The average molecular weight is 382 g/mol. The fraction of sp³-hybridized carbons (Fsp3) is 0.435. The van der Waals surface area contributed by atoms with Crippen LogP contribution in [0, 0.1) is 0 Å². The molecule has 0 saturated carbocycles. The van der Waals surface area contributed by atoms with Crippen molar-refractivity contribution < 1.29 is 9.47 Å². The molecule has 2 aromatic carbocycles. The molecule has 28 heavy (non-hydrogen) atoms. The number of likely N-dealkylation sites (N-methyl/N-ethyl adjacent to an activating group) is 1. The van der Waals surface area contributed by atoms with E-state index in [4.69, 9.17) is 14.5 Å². The SMILES string of the molecule is CCOc1ccc(Cc2nc3cc(OC)ccc3n2CCN(CC)CC)cc1. The van der Waals surface area contributed by atoms with Crippen LogP contribution in [-0.4, -0.2) is 47.8 Å². The number of hydrogen-bond acceptors (Lipinski definition) is 4. The highest BCUT2D eigenvalue weighted by Gasteiger charge is 2.13. The molecular formula is C23H31N3O2. The van der Waals surface area contributed by atoms with Gasteiger partial charge in [-0.15, -0.1) is 0 Å². The number of rotatable bonds is 10. The predicted molar refractivity (Wildman–Crippen MR) is 114 cm³/mol. The summed E-state index contributed by atoms with van der Waals surface area (Å²) in [5, 5.41) is 0. The van der Waals surface area contributed by atoms with Gasteiger partial charge >= 0.3 is 0 Å². The van der Waals surface area contributed by atoms with E-state index in [1.807, 2.05) is 31.2 Å². The molecule has 0 fully saturated rings. The third-order valence-electron chi connectivity index (χ3n) is 5.17. The summed E-state index contributed by atoms with van der Waals surface area (Å²) in [6.45, 7) is 11.2. The zero-order valence-corrected chi connectivity index (χ0v) is 17.4. The molecule has 0 radical (unpaired) electrons. The van der Waals surface area contributed by atoms with Crippen LogP contribution in [0.3, 0.4) is 0 Å². The number of methoxy groups -OCH3 is 1. The van der Waals surface area contributed by atoms with Gasteiger partial charge in [0.05, 0.1) is 24.8 Å². The molecule has 0 amide bonds. The summed E-state index contributed by atoms with van der Waals surface area (Å²) in [5.74, 6) is 2.83. The van der Waals surface area contributed by atoms with E-state index in [-0.39, 0.29) is 0 Å². The molecule has 0 aliphatic heterocycles. The fourth-order valence-electron chi connectivity index (χ4n) is 3.50. The molecule has 0 N–H and O–H groups in total. The van der Waals surface area contributed by atoms with E-state index in [1.54, 1.807) is 7.11 Å². The summed E-state index contributed by atoms with van der Waals surface area (Å²) in [6, 6.07) is 14.5. The van der Waals surface area contributed by atoms with E-state index in [0.717, 1.165) is 61.0 Å². The number of ether oxygens (including phenoxy) is 2. The number of imidazole rings is 1. The van der Waals surface area contributed by atoms with Crippen LogP contribution >= 0.6 is 0 Å². The minimum atomic E-state index is 0.683. The lowest BCUT2D eigenvalue weighted by molar-refractivity contribution is 0.291. The van der Waals surface area contributed by atoms with Crippen LogP contribution in [0.1, 0.15) is 32.2 Å². The third kappa shape index (κ3) is 4.65. The maximum absolute atomic E-state index is 5.56. The average Bonchev–Trinajstić information content (AvgIpc) is 3.06. The standard InChI is InChI=1S/C23H31N3O2/c1-5-25(6-2)14-15-26-22-13-12-20(27-4)17-21(22)24-23(26)16-18-8-10-19(11-9-18)28-7-3/h8-13,17H,5-7,14-16H2,1-4H3. The number of aromatic nitrogens is 2. The van der Waals surface area contributed by atoms with E-state index < -0.39 is 0 Å². The van der Waals surface area contributed by atoms with Crippen molar-refractivity contribution in [2.24, 2.45) is 0 Å². The van der Waals surface area contributed by atoms with Gasteiger partial charge in [0.15, 0.2) is 0 Å². The Hall–Kier alpha value is -2.53. The maximum Gasteiger partial charge on any atom is 0.121 e. The highest BCUT2D eigenvalue weighted by Crippen LogP contribution is 2.24. The largest absolute Gasteiger partial charge is 0.497 e. The minimum absolute atomic E-state index is 0.683. The molecule has 5 nitrogen and oxygen atoms in total. The Morgan fingerprint density at radius 3 is 2.32 bits per heavy atom. The van der Waals surface area contributed by atoms with Gasteiger partial charge in [-0.05, 0) is 49.8 Å². The van der Waals surface area contributed by atoms with Crippen LogP contribution in [0.2, 0.25) is 0 Å². The fourth-order valence-corrected chi connectivity index (χ4v) is 3.50. The van der Waals surface area contributed by atoms with Crippen molar-refractivity contribution in [3.05, 3.63) is 53.9 Å². The van der Waals surface area contributed by atoms with E-state index in [9.17, 15) is 0 Å². The molecule has 0 saturated heterocycles. The molecule has 1 aromatic heterocycles. The Balaban J connectivity index is 1.90. The van der Waals surface area contributed by atoms with Gasteiger partial charge in [-0.1, -0.05) is 26.0 Å². The molecule has 0 spiro atoms. The summed E-state index contributed by atoms with van der Waals surface area (Å²) in [6.07, 6.45) is 0.793. The number of hydrogen-bond donors (Lipinski definition) is 0. The van der Waals surface area contributed by atoms with Gasteiger partial charge in [0.2, 0.25) is 0 Å². The molecule has 3 aromatic rings. The minimum Gasteiger partial charge on any atom is -0.497 e. The number of nitrogens with zero attached hydrogens (tertiary/aromatic N) is 3. The first-order chi connectivity index (χ1) is 13.7. The highest BCUT2D eigenvalue weighted by atomic mass is 16.5. The summed E-state index contributed by atoms with van der Waals surface area (Å²) in [4.78, 5) is 7.38. The Labute approximate surface area is 167 Å². The second kappa shape index (κ2) is 9.60. The zero-order chi connectivity index (χ0) is 19.9. The van der Waals surface area contributed by atoms with Gasteiger partial charge in [0, 0.05) is 25.6 Å². The van der Waals surface area contributed by atoms with Gasteiger partial charge in [-0.2, -0.15) is 0 Å². The van der Waals surface area contributed by atoms with Gasteiger partial charge in [-0.25, -0.2) is 4.98 Å². The molecule has 3 rings (SSSR count). The molecule has 0 atom stereocenters. The molecular weight excluding hydrogens is 350 g/mol. The first-order valence-corrected chi connectivity index (χ1v) is 10.2. The lowest BCUT2D eigenvalue weighted by Gasteiger charge is -2.19. The predicted octanol–water partition coefficient (Wildman–Crippen LogP) is 4.38. The van der Waals surface area contributed by atoms with E-state index in [2.05, 4.69) is 41.5 Å². The highest BCUT2D eigenvalue weighted by molar-refractivity contribution is 5.78. The van der Waals surface area contributed by atoms with Crippen molar-refractivity contribution in [1.82, 2.24) is 14.5 Å². The van der Waals surface area contributed by atoms with E-state index in [1.165, 1.54) is 5.56 Å². The third-order valence-corrected chi connectivity index (χ3v) is 5.17. The van der Waals surface area contributed by atoms with Crippen molar-refractivity contribution in [1.29, 1.82) is 0 Å². The van der Waals surface area contributed by atoms with Crippen LogP contribution < -0.4 is 9.47 Å². The van der Waals surface area contributed by atoms with Crippen molar-refractivity contribution in [2.45, 2.75) is 33.7 Å². The molecule has 0 aliphatic rings. The van der Waals surface area contributed by atoms with Crippen molar-refractivity contribution in [3.8, 4) is 11.5 Å². The zero-order valence-electron chi connectivity index (χ0n) is 17.4. The van der Waals surface area contributed by atoms with Gasteiger partial charge in [0.25, 0.3) is 0 Å². The van der Waals surface area contributed by atoms with E-state index >= 15 is 0 Å². The molecule has 1 heterocycles. The van der Waals surface area contributed by atoms with Crippen LogP contribution in [0.25, 0.3) is 11.0 Å². The Morgan fingerprint density at radius 1 is 0.964 bits per heavy atom. The molecule has 0 unspecified atom stereocenters. The Morgan fingerprint density at radius 2 is 1.68 bits per heavy atom. The second-order valence-electron chi connectivity index (χ2n) is 6.81. The summed E-state index contributed by atoms with van der Waals surface area (Å²) in [7, 11) is 1.69. The van der Waals surface area contributed by atoms with Crippen LogP contribution in [-0.2, 0) is 13.0 Å². The van der Waals surface area contributed by atoms with Crippen molar-refractivity contribution in [3.63, 3.8) is 0 Å². The lowest BCUT2D eigenvalue weighted by Crippen LogP contribution is -2.27. The number of fused-ring (bicyclic) bond motifs is 1. The summed E-state index contributed by atoms with van der Waals surface area (Å²) in [5.41, 5.74) is 3.38. The van der Waals surface area contributed by atoms with Gasteiger partial charge < -0.3 is 18.9 Å². The molecule has 0 bridgehead atoms. The first kappa shape index (κ1) is 20.2. The van der Waals surface area contributed by atoms with Crippen LogP contribution in [0.5, 0.6) is 11.5 Å². The lowest BCUT2D eigenvalue weighted by atomic mass is 10.1. The molecule has 150 valence electrons. The summed E-state index contributed by atoms with van der Waals surface area (Å²) >= 11 is 0. The molecule has 5 heteroatoms. The monoisotopic (exact) mass is 381 g/mol. The normalized spacial score (nSPS) is 11.3. The van der Waals surface area contributed by atoms with Gasteiger partial charge in [-0.3, -0.25) is 0 Å². The summed E-state index contributed by atoms with van der Waals surface area (Å²) < 4.78 is 13.3. The maximum atomic E-state index is 5.56. The topological polar surface area (TPSA) is 39.5 Å². The molecule has 0 aliphatic carbocycles. The van der Waals surface area contributed by atoms with Crippen molar-refractivity contribution in [2.75, 3.05) is 33.4 Å². The second-order valence-corrected chi connectivity index (χ2v) is 6.81. The van der Waals surface area contributed by atoms with Crippen molar-refractivity contribution >= 4 is 11.0 Å². The Bertz CT molecular complexity index is 883. The smallest absolute Gasteiger partial charge is 0.121 e. The van der Waals surface area contributed by atoms with Crippen LogP contribution in [0.15, 0.2) is 42.5 Å². The van der Waals surface area contributed by atoms with Gasteiger partial charge in [0.1, 0.15) is 17.3 Å². The Kier molecular flexibility index (Phi) is 6.93. The first-order valence-electron chi connectivity index (χ1n) is 10.2. The van der Waals surface area contributed by atoms with Crippen LogP contribution in [0.4, 0.5) is 0 Å². The van der Waals surface area contributed by atoms with E-state index in [0.29, 0.717) is 6.61 Å². The quantitative estimate of drug-likeness (QED) is 0.523. The number of benzene rings is 2.